The Kier molecular flexibility index (Phi) is 8.11. The molecule has 2 aromatic heterocycles. The van der Waals surface area contributed by atoms with Gasteiger partial charge in [0.15, 0.2) is 0 Å². The number of carbonyl (C=O) groups is 1. The number of aromatic nitrogens is 3. The third-order valence-electron chi connectivity index (χ3n) is 4.40. The van der Waals surface area contributed by atoms with Gasteiger partial charge in [0.25, 0.3) is 0 Å². The monoisotopic (exact) mass is 444 g/mol. The normalized spacial score (nSPS) is 11.5. The predicted octanol–water partition coefficient (Wildman–Crippen LogP) is 3.57. The van der Waals surface area contributed by atoms with Gasteiger partial charge in [-0.3, -0.25) is 9.79 Å². The molecular weight excluding hydrogens is 423 g/mol. The van der Waals surface area contributed by atoms with E-state index in [4.69, 9.17) is 19.4 Å². The van der Waals surface area contributed by atoms with Gasteiger partial charge in [0, 0.05) is 31.2 Å². The van der Waals surface area contributed by atoms with Crippen molar-refractivity contribution in [2.45, 2.75) is 19.8 Å². The summed E-state index contributed by atoms with van der Waals surface area (Å²) in [6.45, 7) is 2.05. The fourth-order valence-electron chi connectivity index (χ4n) is 2.90. The third kappa shape index (κ3) is 6.49. The van der Waals surface area contributed by atoms with Gasteiger partial charge in [-0.25, -0.2) is 15.0 Å². The maximum atomic E-state index is 12.3. The number of pyridine rings is 1. The minimum Gasteiger partial charge on any atom is -0.324 e. The Morgan fingerprint density at radius 2 is 1.81 bits per heavy atom. The maximum absolute atomic E-state index is 12.3. The molecule has 0 saturated heterocycles. The number of nitrogens with zero attached hydrogens (tertiary/aromatic N) is 4. The van der Waals surface area contributed by atoms with Crippen LogP contribution < -0.4 is 16.1 Å². The van der Waals surface area contributed by atoms with Crippen LogP contribution in [0.25, 0.3) is 11.1 Å². The van der Waals surface area contributed by atoms with Gasteiger partial charge in [-0.2, -0.15) is 0 Å². The van der Waals surface area contributed by atoms with Crippen molar-refractivity contribution in [3.8, 4) is 11.1 Å². The summed E-state index contributed by atoms with van der Waals surface area (Å²) >= 11 is 5.80. The van der Waals surface area contributed by atoms with E-state index in [9.17, 15) is 4.79 Å². The van der Waals surface area contributed by atoms with Gasteiger partial charge in [0.1, 0.15) is 13.0 Å². The lowest BCUT2D eigenvalue weighted by Crippen LogP contribution is -2.16. The summed E-state index contributed by atoms with van der Waals surface area (Å²) in [5.41, 5.74) is 4.36. The first-order chi connectivity index (χ1) is 15.5. The minimum absolute atomic E-state index is 0.174. The van der Waals surface area contributed by atoms with Crippen LogP contribution in [0.5, 0.6) is 0 Å². The smallest absolute Gasteiger partial charge is 0.228 e. The van der Waals surface area contributed by atoms with E-state index < -0.39 is 0 Å². The molecule has 32 heavy (non-hydrogen) atoms. The highest BCUT2D eigenvalue weighted by Gasteiger charge is 2.07. The van der Waals surface area contributed by atoms with Crippen LogP contribution in [0.3, 0.4) is 0 Å². The average Bonchev–Trinajstić information content (AvgIpc) is 2.78. The van der Waals surface area contributed by atoms with Crippen molar-refractivity contribution in [1.29, 1.82) is 0 Å². The first-order valence-corrected chi connectivity index (χ1v) is 10.4. The van der Waals surface area contributed by atoms with Crippen LogP contribution in [-0.4, -0.2) is 42.0 Å². The Morgan fingerprint density at radius 3 is 2.44 bits per heavy atom. The van der Waals surface area contributed by atoms with Crippen LogP contribution in [0.4, 0.5) is 11.6 Å². The molecule has 2 heterocycles. The van der Waals surface area contributed by atoms with Crippen LogP contribution in [0.1, 0.15) is 18.9 Å². The predicted molar refractivity (Wildman–Crippen MR) is 131 cm³/mol. The highest BCUT2D eigenvalue weighted by atomic mass is 35.5. The minimum atomic E-state index is -0.174. The maximum Gasteiger partial charge on any atom is 0.228 e. The van der Waals surface area contributed by atoms with E-state index in [1.54, 1.807) is 31.7 Å². The summed E-state index contributed by atoms with van der Waals surface area (Å²) in [6, 6.07) is 9.24. The van der Waals surface area contributed by atoms with Gasteiger partial charge in [-0.15, -0.1) is 0 Å². The fraction of sp³-hybridized carbons (Fsp3) is 0.174. The molecule has 9 heteroatoms. The molecule has 3 aromatic rings. The van der Waals surface area contributed by atoms with Crippen LogP contribution in [0, 0.1) is 0 Å². The second-order valence-electron chi connectivity index (χ2n) is 6.90. The first-order valence-electron chi connectivity index (χ1n) is 10.00. The number of hydrogen-bond acceptors (Lipinski definition) is 6. The van der Waals surface area contributed by atoms with Crippen molar-refractivity contribution in [2.24, 2.45) is 4.99 Å². The Morgan fingerprint density at radius 1 is 1.09 bits per heavy atom. The van der Waals surface area contributed by atoms with Crippen LogP contribution in [0.15, 0.2) is 65.7 Å². The number of carbonyl (C=O) groups excluding carboxylic acids is 1. The molecule has 3 rings (SSSR count). The molecule has 0 atom stereocenters. The quantitative estimate of drug-likeness (QED) is 0.315. The third-order valence-corrected chi connectivity index (χ3v) is 4.72. The molecule has 1 amide bonds. The van der Waals surface area contributed by atoms with Crippen LogP contribution in [-0.2, 0) is 11.2 Å². The molecule has 1 aromatic carbocycles. The number of amides is 1. The lowest BCUT2D eigenvalue weighted by Gasteiger charge is -2.08. The fourth-order valence-corrected chi connectivity index (χ4v) is 3.01. The van der Waals surface area contributed by atoms with Crippen molar-refractivity contribution < 1.29 is 4.79 Å². The second kappa shape index (κ2) is 11.2. The van der Waals surface area contributed by atoms with Crippen LogP contribution >= 0.6 is 11.6 Å². The topological polar surface area (TPSA) is 92.2 Å². The van der Waals surface area contributed by atoms with Crippen molar-refractivity contribution >= 4 is 48.7 Å². The summed E-state index contributed by atoms with van der Waals surface area (Å²) in [5, 5.41) is 6.11. The van der Waals surface area contributed by atoms with Gasteiger partial charge in [0.2, 0.25) is 11.9 Å². The molecule has 160 valence electrons. The second-order valence-corrected chi connectivity index (χ2v) is 7.26. The van der Waals surface area contributed by atoms with Crippen molar-refractivity contribution in [1.82, 2.24) is 15.0 Å². The highest BCUT2D eigenvalue weighted by molar-refractivity contribution is 6.44. The Hall–Kier alpha value is -3.52. The number of hydrogen-bond donors (Lipinski definition) is 2. The molecule has 7 nitrogen and oxygen atoms in total. The lowest BCUT2D eigenvalue weighted by atomic mass is 9.98. The molecule has 0 spiro atoms. The summed E-state index contributed by atoms with van der Waals surface area (Å²) in [5.74, 6) is 0.325. The molecule has 2 radical (unpaired) electrons. The van der Waals surface area contributed by atoms with Crippen molar-refractivity contribution in [2.75, 3.05) is 17.7 Å². The molecule has 0 saturated carbocycles. The van der Waals surface area contributed by atoms with E-state index in [0.29, 0.717) is 17.1 Å². The summed E-state index contributed by atoms with van der Waals surface area (Å²) in [4.78, 5) is 29.0. The van der Waals surface area contributed by atoms with E-state index in [1.165, 1.54) is 6.20 Å². The Labute approximate surface area is 193 Å². The van der Waals surface area contributed by atoms with E-state index in [0.717, 1.165) is 28.8 Å². The molecule has 0 aliphatic heterocycles. The number of nitrogens with one attached hydrogen (secondary N) is 2. The molecular formula is C23H22BClN6O. The highest BCUT2D eigenvalue weighted by Crippen LogP contribution is 2.19. The average molecular weight is 445 g/mol. The van der Waals surface area contributed by atoms with Gasteiger partial charge in [-0.1, -0.05) is 54.3 Å². The number of rotatable bonds is 8. The van der Waals surface area contributed by atoms with E-state index in [2.05, 4.69) is 30.6 Å². The van der Waals surface area contributed by atoms with Gasteiger partial charge < -0.3 is 10.6 Å². The van der Waals surface area contributed by atoms with E-state index in [-0.39, 0.29) is 17.5 Å². The van der Waals surface area contributed by atoms with Crippen molar-refractivity contribution in [3.63, 3.8) is 0 Å². The molecule has 0 bridgehead atoms. The van der Waals surface area contributed by atoms with E-state index in [1.807, 2.05) is 37.3 Å². The molecule has 0 aliphatic carbocycles. The largest absolute Gasteiger partial charge is 0.324 e. The molecule has 0 fully saturated rings. The lowest BCUT2D eigenvalue weighted by molar-refractivity contribution is -0.115. The molecule has 2 N–H and O–H groups in total. The Bertz CT molecular complexity index is 1130. The Balaban J connectivity index is 1.61. The number of aliphatic imine (C=N–C) groups is 1. The number of anilines is 2. The number of benzene rings is 1. The van der Waals surface area contributed by atoms with Gasteiger partial charge >= 0.3 is 0 Å². The zero-order chi connectivity index (χ0) is 22.9. The van der Waals surface area contributed by atoms with E-state index >= 15 is 0 Å². The zero-order valence-corrected chi connectivity index (χ0v) is 18.6. The molecule has 0 unspecified atom stereocenters. The SMILES string of the molecule is [B]c1cc(NC(=O)Cc2ccc(-c3cnc(N/C(C=NC)=C/CC)nc3)cc2)cnc1Cl. The number of halogens is 1. The first kappa shape index (κ1) is 23.2. The van der Waals surface area contributed by atoms with Gasteiger partial charge in [0.05, 0.1) is 24.0 Å². The standard InChI is InChI=1S/C23H22BClN6O/c1-3-4-18(13-26-2)31-23-28-11-17(12-29-23)16-7-5-15(6-8-16)9-21(32)30-19-10-20(24)22(25)27-14-19/h4-8,10-14H,3,9H2,1-2H3,(H,30,32)(H,28,29,31)/b18-4+,26-13?. The number of allylic oxidation sites excluding steroid dienone is 2. The van der Waals surface area contributed by atoms with Crippen molar-refractivity contribution in [3.05, 3.63) is 71.4 Å². The summed E-state index contributed by atoms with van der Waals surface area (Å²) in [7, 11) is 7.43. The van der Waals surface area contributed by atoms with Crippen LogP contribution in [0.2, 0.25) is 5.15 Å². The molecule has 0 aliphatic rings. The summed E-state index contributed by atoms with van der Waals surface area (Å²) < 4.78 is 0. The van der Waals surface area contributed by atoms with Gasteiger partial charge in [-0.05, 0) is 23.6 Å². The summed E-state index contributed by atoms with van der Waals surface area (Å²) in [6.07, 6.45) is 9.80. The zero-order valence-electron chi connectivity index (χ0n) is 17.8.